The van der Waals surface area contributed by atoms with Crippen LogP contribution in [0.4, 0.5) is 0 Å². The topological polar surface area (TPSA) is 270 Å². The number of aliphatic hydroxyl groups is 4. The maximum Gasteiger partial charge on any atom is 0.494 e. The fourth-order valence-corrected chi connectivity index (χ4v) is 7.66. The highest BCUT2D eigenvalue weighted by Crippen LogP contribution is 2.18. The zero-order valence-electron chi connectivity index (χ0n) is 50.2. The van der Waals surface area contributed by atoms with Crippen LogP contribution in [0.1, 0.15) is 149 Å². The molecule has 7 rings (SSSR count). The van der Waals surface area contributed by atoms with Crippen molar-refractivity contribution >= 4 is 85.5 Å². The molecule has 0 bridgehead atoms. The van der Waals surface area contributed by atoms with E-state index in [1.54, 1.807) is 24.3 Å². The number of aliphatic hydroxyl groups excluding tert-OH is 4. The van der Waals surface area contributed by atoms with Gasteiger partial charge in [-0.05, 0) is 106 Å². The Labute approximate surface area is 519 Å². The van der Waals surface area contributed by atoms with Gasteiger partial charge >= 0.3 is 39.3 Å². The van der Waals surface area contributed by atoms with E-state index in [1.165, 1.54) is 107 Å². The van der Waals surface area contributed by atoms with Crippen molar-refractivity contribution in [3.63, 3.8) is 0 Å². The van der Waals surface area contributed by atoms with Gasteiger partial charge in [-0.15, -0.1) is 11.6 Å². The van der Waals surface area contributed by atoms with E-state index in [9.17, 15) is 14.4 Å². The van der Waals surface area contributed by atoms with Crippen molar-refractivity contribution in [1.82, 2.24) is 0 Å². The fraction of sp³-hybridized carbons (Fsp3) is 0.328. The third-order valence-corrected chi connectivity index (χ3v) is 13.2. The molecule has 0 spiro atoms. The van der Waals surface area contributed by atoms with Crippen LogP contribution in [0.2, 0.25) is 0 Å². The number of hydrogen-bond acceptors (Lipinski definition) is 15. The van der Waals surface area contributed by atoms with Crippen LogP contribution < -0.4 is 16.4 Å². The van der Waals surface area contributed by atoms with Crippen molar-refractivity contribution in [3.8, 4) is 0 Å². The zero-order chi connectivity index (χ0) is 64.4. The van der Waals surface area contributed by atoms with Gasteiger partial charge in [0.25, 0.3) is 0 Å². The molecule has 466 valence electrons. The van der Waals surface area contributed by atoms with Gasteiger partial charge in [0.2, 0.25) is 0 Å². The Balaban J connectivity index is 0.000000405. The highest BCUT2D eigenvalue weighted by molar-refractivity contribution is 6.61. The summed E-state index contributed by atoms with van der Waals surface area (Å²) in [5, 5.41) is 76.3. The molecule has 1 fully saturated rings. The van der Waals surface area contributed by atoms with Crippen molar-refractivity contribution in [2.45, 2.75) is 122 Å². The first-order valence-electron chi connectivity index (χ1n) is 29.0. The number of hydrogen-bond donors (Lipinski definition) is 9. The first-order chi connectivity index (χ1) is 41.8. The summed E-state index contributed by atoms with van der Waals surface area (Å²) in [6, 6.07) is 41.9. The fourth-order valence-electron chi connectivity index (χ4n) is 7.48. The number of rotatable bonds is 26. The second-order valence-electron chi connectivity index (χ2n) is 20.0. The lowest BCUT2D eigenvalue weighted by atomic mass is 9.79. The van der Waals surface area contributed by atoms with Gasteiger partial charge in [0.15, 0.2) is 0 Å². The normalized spacial score (nSPS) is 12.6. The maximum atomic E-state index is 12.4. The Morgan fingerprint density at radius 3 is 1.30 bits per heavy atom. The van der Waals surface area contributed by atoms with Crippen LogP contribution in [0.15, 0.2) is 165 Å². The van der Waals surface area contributed by atoms with Crippen LogP contribution >= 0.6 is 11.6 Å². The Morgan fingerprint density at radius 2 is 0.966 bits per heavy atom. The van der Waals surface area contributed by atoms with Crippen LogP contribution in [0, 0.1) is 0 Å². The van der Waals surface area contributed by atoms with Crippen molar-refractivity contribution < 1.29 is 78.8 Å². The molecule has 1 heterocycles. The summed E-state index contributed by atoms with van der Waals surface area (Å²) < 4.78 is 22.6. The lowest BCUT2D eigenvalue weighted by Crippen LogP contribution is -2.32. The Kier molecular flexibility index (Phi) is 39.7. The number of halogens is 1. The third kappa shape index (κ3) is 32.6. The average Bonchev–Trinajstić information content (AvgIpc) is 4.31. The number of carboxylic acids is 1. The molecular formula is C67H86B3ClO16. The Hall–Kier alpha value is -6.97. The quantitative estimate of drug-likeness (QED) is 0.0106. The number of benzene rings is 6. The number of esters is 2. The lowest BCUT2D eigenvalue weighted by Gasteiger charge is -2.10. The van der Waals surface area contributed by atoms with Gasteiger partial charge in [0.05, 0.1) is 54.8 Å². The van der Waals surface area contributed by atoms with Gasteiger partial charge in [0.1, 0.15) is 13.2 Å². The molecule has 1 aliphatic rings. The molecule has 1 aliphatic heterocycles. The summed E-state index contributed by atoms with van der Waals surface area (Å²) in [6.07, 6.45) is 16.6. The molecule has 6 aromatic rings. The van der Waals surface area contributed by atoms with Gasteiger partial charge in [-0.3, -0.25) is 0 Å². The van der Waals surface area contributed by atoms with E-state index in [1.807, 2.05) is 97.9 Å². The molecule has 3 unspecified atom stereocenters. The Bertz CT molecular complexity index is 2830. The molecule has 0 aliphatic carbocycles. The highest BCUT2D eigenvalue weighted by Gasteiger charge is 2.32. The summed E-state index contributed by atoms with van der Waals surface area (Å²) in [5.41, 5.74) is 8.70. The SMILES string of the molecule is C=Cc1ccc(CCl)cc1.C=Cc1ccc(COC(=O)c2ccc(B(O)O)cc2)cc1.C=Cc1ccc(COC(=O)c2ccc(B3OCC(CCCCCCCCCC)O3)cc2)cc1.CC(O)CO.CCC(O)CO.O=C(O)c1ccc(B(O)O)cc1. The van der Waals surface area contributed by atoms with Crippen LogP contribution in [-0.2, 0) is 37.9 Å². The summed E-state index contributed by atoms with van der Waals surface area (Å²) in [6.45, 7) is 17.5. The highest BCUT2D eigenvalue weighted by atomic mass is 35.5. The molecule has 0 radical (unpaired) electrons. The Morgan fingerprint density at radius 1 is 0.586 bits per heavy atom. The molecule has 3 atom stereocenters. The van der Waals surface area contributed by atoms with Gasteiger partial charge < -0.3 is 64.4 Å². The predicted octanol–water partition coefficient (Wildman–Crippen LogP) is 8.94. The minimum Gasteiger partial charge on any atom is -0.478 e. The summed E-state index contributed by atoms with van der Waals surface area (Å²) >= 11 is 5.60. The minimum atomic E-state index is -1.55. The molecule has 0 saturated carbocycles. The molecule has 6 aromatic carbocycles. The molecule has 0 aromatic heterocycles. The number of carboxylic acid groups (broad SMARTS) is 1. The molecule has 1 saturated heterocycles. The summed E-state index contributed by atoms with van der Waals surface area (Å²) in [7, 11) is -3.44. The van der Waals surface area contributed by atoms with E-state index in [2.05, 4.69) is 26.7 Å². The van der Waals surface area contributed by atoms with E-state index in [4.69, 9.17) is 76.0 Å². The van der Waals surface area contributed by atoms with Crippen LogP contribution in [0.25, 0.3) is 18.2 Å². The zero-order valence-corrected chi connectivity index (χ0v) is 51.0. The van der Waals surface area contributed by atoms with E-state index in [-0.39, 0.29) is 56.6 Å². The van der Waals surface area contributed by atoms with Gasteiger partial charge in [0, 0.05) is 5.88 Å². The smallest absolute Gasteiger partial charge is 0.478 e. The van der Waals surface area contributed by atoms with Crippen molar-refractivity contribution in [3.05, 3.63) is 215 Å². The number of aromatic carboxylic acids is 1. The molecule has 9 N–H and O–H groups in total. The van der Waals surface area contributed by atoms with Crippen LogP contribution in [0.3, 0.4) is 0 Å². The lowest BCUT2D eigenvalue weighted by molar-refractivity contribution is 0.0464. The second-order valence-corrected chi connectivity index (χ2v) is 20.3. The number of ether oxygens (including phenoxy) is 2. The number of carbonyl (C=O) groups excluding carboxylic acids is 2. The van der Waals surface area contributed by atoms with E-state index in [0.717, 1.165) is 45.3 Å². The van der Waals surface area contributed by atoms with Gasteiger partial charge in [-0.1, -0.05) is 212 Å². The molecule has 0 amide bonds. The number of unbranched alkanes of at least 4 members (excludes halogenated alkanes) is 7. The first-order valence-corrected chi connectivity index (χ1v) is 29.5. The van der Waals surface area contributed by atoms with Gasteiger partial charge in [-0.25, -0.2) is 14.4 Å². The maximum absolute atomic E-state index is 12.4. The second kappa shape index (κ2) is 45.3. The summed E-state index contributed by atoms with van der Waals surface area (Å²) in [5.74, 6) is -1.25. The van der Waals surface area contributed by atoms with Crippen LogP contribution in [-0.4, -0.2) is 123 Å². The standard InChI is InChI=1S/C28H37BO4.C16H15BO4.C9H9Cl.C7H7BO4.C4H10O2.C3H8O2/c1-3-5-6-7-8-9-10-11-12-27-22-32-29(33-27)26-19-17-25(18-20-26)28(30)31-21-24-15-13-23(4-2)14-16-24;1-2-12-3-5-13(6-4-12)11-21-16(18)14-7-9-15(10-8-14)17(19)20;1-2-8-3-5-9(7-10)6-4-8;9-7(10)5-1-3-6(4-2-5)8(11)12;1-2-4(6)3-5;1-3(5)2-4/h4,13-20,27H,2-3,5-12,21-22H2,1H3;2-10,19-20H,1,11H2;2-6H,1,7H2;1-4,11-12H,(H,9,10);4-6H,2-3H2,1H3;3-5H,2H2,1H3. The molecule has 87 heavy (non-hydrogen) atoms. The van der Waals surface area contributed by atoms with E-state index < -0.39 is 38.4 Å². The van der Waals surface area contributed by atoms with Crippen LogP contribution in [0.5, 0.6) is 0 Å². The average molecular weight is 1220 g/mol. The van der Waals surface area contributed by atoms with Crippen molar-refractivity contribution in [1.29, 1.82) is 0 Å². The number of carbonyl (C=O) groups is 3. The van der Waals surface area contributed by atoms with Gasteiger partial charge in [-0.2, -0.15) is 0 Å². The minimum absolute atomic E-state index is 0.115. The monoisotopic (exact) mass is 1210 g/mol. The molecular weight excluding hydrogens is 1130 g/mol. The van der Waals surface area contributed by atoms with E-state index >= 15 is 0 Å². The molecule has 20 heteroatoms. The first kappa shape index (κ1) is 76.1. The largest absolute Gasteiger partial charge is 0.494 e. The number of alkyl halides is 1. The molecule has 16 nitrogen and oxygen atoms in total. The summed E-state index contributed by atoms with van der Waals surface area (Å²) in [4.78, 5) is 34.6. The van der Waals surface area contributed by atoms with E-state index in [0.29, 0.717) is 35.5 Å². The van der Waals surface area contributed by atoms with Crippen molar-refractivity contribution in [2.75, 3.05) is 19.8 Å². The third-order valence-electron chi connectivity index (χ3n) is 12.9. The predicted molar refractivity (Wildman–Crippen MR) is 349 cm³/mol. The van der Waals surface area contributed by atoms with Crippen molar-refractivity contribution in [2.24, 2.45) is 0 Å².